The normalized spacial score (nSPS) is 16.7. The molecule has 6 rings (SSSR count). The monoisotopic (exact) mass is 536 g/mol. The molecule has 2 aromatic carbocycles. The van der Waals surface area contributed by atoms with Gasteiger partial charge in [-0.2, -0.15) is 4.98 Å². The van der Waals surface area contributed by atoms with E-state index in [0.717, 1.165) is 82.5 Å². The zero-order chi connectivity index (χ0) is 27.1. The number of hydrogen-bond donors (Lipinski definition) is 1. The summed E-state index contributed by atoms with van der Waals surface area (Å²) in [6, 6.07) is 18.9. The minimum atomic E-state index is 0.557. The third-order valence-corrected chi connectivity index (χ3v) is 7.53. The van der Waals surface area contributed by atoms with E-state index in [1.54, 1.807) is 6.33 Å². The van der Waals surface area contributed by atoms with Crippen LogP contribution in [-0.2, 0) is 13.0 Å². The lowest BCUT2D eigenvalue weighted by molar-refractivity contribution is 0.148. The summed E-state index contributed by atoms with van der Waals surface area (Å²) in [5.41, 5.74) is 4.65. The summed E-state index contributed by atoms with van der Waals surface area (Å²) in [5, 5.41) is 3.38. The highest BCUT2D eigenvalue weighted by Crippen LogP contribution is 2.20. The summed E-state index contributed by atoms with van der Waals surface area (Å²) in [4.78, 5) is 32.1. The van der Waals surface area contributed by atoms with Crippen molar-refractivity contribution in [3.8, 4) is 0 Å². The van der Waals surface area contributed by atoms with E-state index in [-0.39, 0.29) is 0 Å². The van der Waals surface area contributed by atoms with Crippen LogP contribution in [0, 0.1) is 0 Å². The molecule has 10 heteroatoms. The van der Waals surface area contributed by atoms with Gasteiger partial charge in [-0.25, -0.2) is 19.9 Å². The third-order valence-electron chi connectivity index (χ3n) is 7.53. The van der Waals surface area contributed by atoms with Crippen molar-refractivity contribution >= 4 is 23.5 Å². The Labute approximate surface area is 235 Å². The molecule has 0 radical (unpaired) electrons. The SMILES string of the molecule is CN1CCN(Cc2cccc(Nc3ncnc(N4CCN(c5ncc(Cc6ccccc6)cn5)CC4)n3)c2)CC1. The molecule has 10 nitrogen and oxygen atoms in total. The Morgan fingerprint density at radius 1 is 0.675 bits per heavy atom. The molecule has 2 aliphatic rings. The van der Waals surface area contributed by atoms with Crippen molar-refractivity contribution in [1.29, 1.82) is 0 Å². The van der Waals surface area contributed by atoms with Crippen molar-refractivity contribution in [3.05, 3.63) is 90.0 Å². The van der Waals surface area contributed by atoms with Gasteiger partial charge in [0, 0.05) is 83.4 Å². The lowest BCUT2D eigenvalue weighted by atomic mass is 10.1. The smallest absolute Gasteiger partial charge is 0.231 e. The molecule has 4 heterocycles. The van der Waals surface area contributed by atoms with Gasteiger partial charge in [0.2, 0.25) is 17.8 Å². The molecule has 0 amide bonds. The second-order valence-corrected chi connectivity index (χ2v) is 10.5. The van der Waals surface area contributed by atoms with Crippen LogP contribution in [0.2, 0.25) is 0 Å². The van der Waals surface area contributed by atoms with Crippen molar-refractivity contribution in [1.82, 2.24) is 34.7 Å². The van der Waals surface area contributed by atoms with Crippen LogP contribution in [0.25, 0.3) is 0 Å². The van der Waals surface area contributed by atoms with Crippen molar-refractivity contribution in [3.63, 3.8) is 0 Å². The number of likely N-dealkylation sites (N-methyl/N-ethyl adjacent to an activating group) is 1. The van der Waals surface area contributed by atoms with Gasteiger partial charge in [0.25, 0.3) is 0 Å². The zero-order valence-electron chi connectivity index (χ0n) is 23.0. The first-order chi connectivity index (χ1) is 19.7. The Morgan fingerprint density at radius 3 is 2.12 bits per heavy atom. The molecule has 0 spiro atoms. The molecule has 0 unspecified atom stereocenters. The predicted octanol–water partition coefficient (Wildman–Crippen LogP) is 3.07. The van der Waals surface area contributed by atoms with E-state index < -0.39 is 0 Å². The zero-order valence-corrected chi connectivity index (χ0v) is 23.0. The number of rotatable bonds is 8. The fourth-order valence-electron chi connectivity index (χ4n) is 5.18. The number of hydrogen-bond acceptors (Lipinski definition) is 10. The van der Waals surface area contributed by atoms with Crippen molar-refractivity contribution in [2.24, 2.45) is 0 Å². The largest absolute Gasteiger partial charge is 0.337 e. The molecule has 206 valence electrons. The number of nitrogens with zero attached hydrogens (tertiary/aromatic N) is 9. The van der Waals surface area contributed by atoms with Gasteiger partial charge in [-0.1, -0.05) is 42.5 Å². The van der Waals surface area contributed by atoms with Gasteiger partial charge in [0.15, 0.2) is 0 Å². The van der Waals surface area contributed by atoms with E-state index in [0.29, 0.717) is 11.9 Å². The summed E-state index contributed by atoms with van der Waals surface area (Å²) in [6.45, 7) is 8.59. The number of anilines is 4. The van der Waals surface area contributed by atoms with Crippen molar-refractivity contribution < 1.29 is 0 Å². The van der Waals surface area contributed by atoms with Crippen molar-refractivity contribution in [2.45, 2.75) is 13.0 Å². The fourth-order valence-corrected chi connectivity index (χ4v) is 5.18. The van der Waals surface area contributed by atoms with Crippen LogP contribution in [0.3, 0.4) is 0 Å². The maximum atomic E-state index is 4.72. The minimum Gasteiger partial charge on any atom is -0.337 e. The van der Waals surface area contributed by atoms with Crippen LogP contribution >= 0.6 is 0 Å². The van der Waals surface area contributed by atoms with Crippen LogP contribution in [0.4, 0.5) is 23.5 Å². The van der Waals surface area contributed by atoms with Crippen LogP contribution in [0.1, 0.15) is 16.7 Å². The van der Waals surface area contributed by atoms with Gasteiger partial charge in [-0.05, 0) is 35.9 Å². The first-order valence-electron chi connectivity index (χ1n) is 14.0. The van der Waals surface area contributed by atoms with E-state index in [9.17, 15) is 0 Å². The standard InChI is InChI=1S/C30H36N10/c1-37-10-12-38(13-11-37)22-25-8-5-9-27(19-25)35-28-33-23-34-30(36-28)40-16-14-39(15-17-40)29-31-20-26(21-32-29)18-24-6-3-2-4-7-24/h2-9,19-21,23H,10-18,22H2,1H3,(H,33,34,35,36). The molecule has 0 atom stereocenters. The molecule has 2 fully saturated rings. The Morgan fingerprint density at radius 2 is 1.38 bits per heavy atom. The van der Waals surface area contributed by atoms with E-state index in [4.69, 9.17) is 4.98 Å². The van der Waals surface area contributed by atoms with Crippen LogP contribution in [0.15, 0.2) is 73.3 Å². The molecule has 2 saturated heterocycles. The molecule has 40 heavy (non-hydrogen) atoms. The van der Waals surface area contributed by atoms with Gasteiger partial charge in [-0.3, -0.25) is 4.90 Å². The molecule has 2 aliphatic heterocycles. The molecule has 4 aromatic rings. The maximum Gasteiger partial charge on any atom is 0.231 e. The summed E-state index contributed by atoms with van der Waals surface area (Å²) in [7, 11) is 2.19. The molecule has 0 aliphatic carbocycles. The van der Waals surface area contributed by atoms with Crippen LogP contribution in [0.5, 0.6) is 0 Å². The predicted molar refractivity (Wildman–Crippen MR) is 158 cm³/mol. The van der Waals surface area contributed by atoms with Gasteiger partial charge in [0.1, 0.15) is 6.33 Å². The topological polar surface area (TPSA) is 89.4 Å². The lowest BCUT2D eigenvalue weighted by Crippen LogP contribution is -2.47. The number of nitrogens with one attached hydrogen (secondary N) is 1. The maximum absolute atomic E-state index is 4.72. The van der Waals surface area contributed by atoms with Gasteiger partial charge in [-0.15, -0.1) is 0 Å². The van der Waals surface area contributed by atoms with Crippen LogP contribution < -0.4 is 15.1 Å². The molecular formula is C30H36N10. The van der Waals surface area contributed by atoms with Gasteiger partial charge >= 0.3 is 0 Å². The molecule has 0 saturated carbocycles. The number of piperazine rings is 2. The minimum absolute atomic E-state index is 0.557. The number of aromatic nitrogens is 5. The quantitative estimate of drug-likeness (QED) is 0.362. The second-order valence-electron chi connectivity index (χ2n) is 10.5. The van der Waals surface area contributed by atoms with Gasteiger partial charge < -0.3 is 20.0 Å². The Bertz CT molecular complexity index is 1360. The van der Waals surface area contributed by atoms with E-state index in [2.05, 4.69) is 100 Å². The average Bonchev–Trinajstić information content (AvgIpc) is 3.00. The van der Waals surface area contributed by atoms with E-state index in [1.807, 2.05) is 18.5 Å². The van der Waals surface area contributed by atoms with Gasteiger partial charge in [0.05, 0.1) is 0 Å². The first kappa shape index (κ1) is 26.1. The Kier molecular flexibility index (Phi) is 8.06. The highest BCUT2D eigenvalue weighted by Gasteiger charge is 2.21. The first-order valence-corrected chi connectivity index (χ1v) is 14.0. The molecule has 2 aromatic heterocycles. The highest BCUT2D eigenvalue weighted by molar-refractivity contribution is 5.55. The molecule has 0 bridgehead atoms. The molecule has 1 N–H and O–H groups in total. The Balaban J connectivity index is 1.03. The molecular weight excluding hydrogens is 500 g/mol. The summed E-state index contributed by atoms with van der Waals surface area (Å²) in [6.07, 6.45) is 6.29. The lowest BCUT2D eigenvalue weighted by Gasteiger charge is -2.34. The summed E-state index contributed by atoms with van der Waals surface area (Å²) in [5.74, 6) is 2.01. The summed E-state index contributed by atoms with van der Waals surface area (Å²) < 4.78 is 0. The second kappa shape index (κ2) is 12.4. The van der Waals surface area contributed by atoms with Crippen LogP contribution in [-0.4, -0.2) is 94.1 Å². The summed E-state index contributed by atoms with van der Waals surface area (Å²) >= 11 is 0. The highest BCUT2D eigenvalue weighted by atomic mass is 15.4. The Hall–Kier alpha value is -4.15. The third kappa shape index (κ3) is 6.70. The number of benzene rings is 2. The van der Waals surface area contributed by atoms with E-state index in [1.165, 1.54) is 11.1 Å². The van der Waals surface area contributed by atoms with Crippen molar-refractivity contribution in [2.75, 3.05) is 74.5 Å². The fraction of sp³-hybridized carbons (Fsp3) is 0.367. The van der Waals surface area contributed by atoms with E-state index >= 15 is 0 Å². The average molecular weight is 537 g/mol.